The van der Waals surface area contributed by atoms with Crippen molar-refractivity contribution < 1.29 is 4.79 Å². The second kappa shape index (κ2) is 5.52. The van der Waals surface area contributed by atoms with E-state index in [1.54, 1.807) is 24.7 Å². The van der Waals surface area contributed by atoms with Crippen molar-refractivity contribution in [1.82, 2.24) is 14.9 Å². The van der Waals surface area contributed by atoms with Crippen molar-refractivity contribution in [3.63, 3.8) is 0 Å². The van der Waals surface area contributed by atoms with Gasteiger partial charge in [-0.25, -0.2) is 0 Å². The van der Waals surface area contributed by atoms with Crippen molar-refractivity contribution >= 4 is 11.6 Å². The Morgan fingerprint density at radius 1 is 1.43 bits per heavy atom. The smallest absolute Gasteiger partial charge is 0.256 e. The molecule has 1 amide bonds. The quantitative estimate of drug-likeness (QED) is 0.932. The van der Waals surface area contributed by atoms with Gasteiger partial charge in [-0.05, 0) is 37.5 Å². The van der Waals surface area contributed by atoms with E-state index in [4.69, 9.17) is 5.73 Å². The van der Waals surface area contributed by atoms with Crippen LogP contribution in [0.2, 0.25) is 0 Å². The largest absolute Gasteiger partial charge is 0.397 e. The van der Waals surface area contributed by atoms with Crippen LogP contribution in [-0.2, 0) is 6.54 Å². The Balaban J connectivity index is 1.87. The van der Waals surface area contributed by atoms with E-state index in [1.165, 1.54) is 0 Å². The van der Waals surface area contributed by atoms with Crippen molar-refractivity contribution in [3.8, 4) is 0 Å². The maximum absolute atomic E-state index is 12.8. The monoisotopic (exact) mass is 282 g/mol. The standard InChI is InChI=1S/C16H18N4O/c1-11-15(7-13(17)9-19-11)16(21)20(14-4-5-14)10-12-3-2-6-18-8-12/h2-3,6-9,14H,4-5,10,17H2,1H3. The molecule has 21 heavy (non-hydrogen) atoms. The average Bonchev–Trinajstić information content (AvgIpc) is 3.32. The lowest BCUT2D eigenvalue weighted by molar-refractivity contribution is 0.0728. The molecule has 0 aliphatic heterocycles. The van der Waals surface area contributed by atoms with E-state index in [0.717, 1.165) is 18.4 Å². The SMILES string of the molecule is Cc1ncc(N)cc1C(=O)N(Cc1cccnc1)C1CC1. The van der Waals surface area contributed by atoms with Gasteiger partial charge in [-0.3, -0.25) is 14.8 Å². The molecule has 2 aromatic rings. The summed E-state index contributed by atoms with van der Waals surface area (Å²) in [5, 5.41) is 0. The third-order valence-corrected chi connectivity index (χ3v) is 3.66. The normalized spacial score (nSPS) is 14.0. The third-order valence-electron chi connectivity index (χ3n) is 3.66. The van der Waals surface area contributed by atoms with Crippen LogP contribution in [0, 0.1) is 6.92 Å². The highest BCUT2D eigenvalue weighted by Crippen LogP contribution is 2.30. The van der Waals surface area contributed by atoms with Crippen LogP contribution < -0.4 is 5.73 Å². The Morgan fingerprint density at radius 2 is 2.24 bits per heavy atom. The van der Waals surface area contributed by atoms with Crippen molar-refractivity contribution in [2.75, 3.05) is 5.73 Å². The maximum Gasteiger partial charge on any atom is 0.256 e. The fraction of sp³-hybridized carbons (Fsp3) is 0.312. The van der Waals surface area contributed by atoms with Crippen molar-refractivity contribution in [3.05, 3.63) is 53.6 Å². The molecule has 1 saturated carbocycles. The molecule has 1 aliphatic carbocycles. The van der Waals surface area contributed by atoms with Gasteiger partial charge in [0.2, 0.25) is 0 Å². The summed E-state index contributed by atoms with van der Waals surface area (Å²) < 4.78 is 0. The van der Waals surface area contributed by atoms with Crippen LogP contribution in [0.25, 0.3) is 0 Å². The van der Waals surface area contributed by atoms with E-state index in [1.807, 2.05) is 24.0 Å². The summed E-state index contributed by atoms with van der Waals surface area (Å²) >= 11 is 0. The molecule has 3 rings (SSSR count). The molecule has 0 bridgehead atoms. The number of carbonyl (C=O) groups is 1. The number of nitrogen functional groups attached to an aromatic ring is 1. The van der Waals surface area contributed by atoms with Crippen LogP contribution in [0.5, 0.6) is 0 Å². The molecule has 0 unspecified atom stereocenters. The second-order valence-corrected chi connectivity index (χ2v) is 5.43. The minimum Gasteiger partial charge on any atom is -0.397 e. The van der Waals surface area contributed by atoms with Gasteiger partial charge in [-0.15, -0.1) is 0 Å². The van der Waals surface area contributed by atoms with Gasteiger partial charge < -0.3 is 10.6 Å². The molecule has 1 aliphatic rings. The summed E-state index contributed by atoms with van der Waals surface area (Å²) in [6.07, 6.45) is 7.22. The highest BCUT2D eigenvalue weighted by molar-refractivity contribution is 5.96. The van der Waals surface area contributed by atoms with Crippen molar-refractivity contribution in [2.24, 2.45) is 0 Å². The van der Waals surface area contributed by atoms with Gasteiger partial charge in [0, 0.05) is 25.0 Å². The van der Waals surface area contributed by atoms with Crippen LogP contribution in [0.1, 0.15) is 34.5 Å². The number of aryl methyl sites for hydroxylation is 1. The summed E-state index contributed by atoms with van der Waals surface area (Å²) in [6.45, 7) is 2.41. The first-order valence-electron chi connectivity index (χ1n) is 7.07. The Hall–Kier alpha value is -2.43. The van der Waals surface area contributed by atoms with E-state index < -0.39 is 0 Å². The molecule has 5 nitrogen and oxygen atoms in total. The molecule has 0 radical (unpaired) electrons. The molecule has 0 spiro atoms. The number of rotatable bonds is 4. The molecular formula is C16H18N4O. The molecule has 2 N–H and O–H groups in total. The fourth-order valence-corrected chi connectivity index (χ4v) is 2.36. The molecule has 0 aromatic carbocycles. The van der Waals surface area contributed by atoms with Gasteiger partial charge in [0.05, 0.1) is 23.1 Å². The van der Waals surface area contributed by atoms with Gasteiger partial charge in [0.15, 0.2) is 0 Å². The van der Waals surface area contributed by atoms with Crippen LogP contribution in [0.15, 0.2) is 36.8 Å². The number of hydrogen-bond donors (Lipinski definition) is 1. The number of aromatic nitrogens is 2. The molecule has 2 heterocycles. The zero-order chi connectivity index (χ0) is 14.8. The minimum atomic E-state index is -0.00125. The Morgan fingerprint density at radius 3 is 2.90 bits per heavy atom. The molecule has 0 atom stereocenters. The second-order valence-electron chi connectivity index (χ2n) is 5.43. The Bertz CT molecular complexity index is 653. The van der Waals surface area contributed by atoms with E-state index in [0.29, 0.717) is 29.5 Å². The lowest BCUT2D eigenvalue weighted by Crippen LogP contribution is -2.33. The van der Waals surface area contributed by atoms with Gasteiger partial charge in [0.25, 0.3) is 5.91 Å². The van der Waals surface area contributed by atoms with Gasteiger partial charge in [-0.2, -0.15) is 0 Å². The number of anilines is 1. The Labute approximate surface area is 123 Å². The topological polar surface area (TPSA) is 72.1 Å². The first-order valence-corrected chi connectivity index (χ1v) is 7.07. The molecule has 108 valence electrons. The van der Waals surface area contributed by atoms with Crippen LogP contribution in [-0.4, -0.2) is 26.8 Å². The molecule has 1 fully saturated rings. The number of nitrogens with zero attached hydrogens (tertiary/aromatic N) is 3. The maximum atomic E-state index is 12.8. The molecule has 0 saturated heterocycles. The van der Waals surface area contributed by atoms with Crippen molar-refractivity contribution in [1.29, 1.82) is 0 Å². The van der Waals surface area contributed by atoms with Crippen LogP contribution >= 0.6 is 0 Å². The third kappa shape index (κ3) is 3.02. The number of amides is 1. The van der Waals surface area contributed by atoms with Crippen LogP contribution in [0.4, 0.5) is 5.69 Å². The lowest BCUT2D eigenvalue weighted by Gasteiger charge is -2.23. The highest BCUT2D eigenvalue weighted by Gasteiger charge is 2.33. The predicted octanol–water partition coefficient (Wildman–Crippen LogP) is 2.17. The van der Waals surface area contributed by atoms with E-state index in [9.17, 15) is 4.79 Å². The average molecular weight is 282 g/mol. The zero-order valence-corrected chi connectivity index (χ0v) is 12.0. The first kappa shape index (κ1) is 13.5. The molecule has 2 aromatic heterocycles. The lowest BCUT2D eigenvalue weighted by atomic mass is 10.1. The van der Waals surface area contributed by atoms with Crippen molar-refractivity contribution in [2.45, 2.75) is 32.4 Å². The zero-order valence-electron chi connectivity index (χ0n) is 12.0. The summed E-state index contributed by atoms with van der Waals surface area (Å²) in [5.41, 5.74) is 8.62. The summed E-state index contributed by atoms with van der Waals surface area (Å²) in [7, 11) is 0. The van der Waals surface area contributed by atoms with E-state index >= 15 is 0 Å². The number of hydrogen-bond acceptors (Lipinski definition) is 4. The minimum absolute atomic E-state index is 0.00125. The molecule has 5 heteroatoms. The summed E-state index contributed by atoms with van der Waals surface area (Å²) in [4.78, 5) is 23.0. The number of nitrogens with two attached hydrogens (primary N) is 1. The summed E-state index contributed by atoms with van der Waals surface area (Å²) in [5.74, 6) is -0.00125. The first-order chi connectivity index (χ1) is 10.1. The summed E-state index contributed by atoms with van der Waals surface area (Å²) in [6, 6.07) is 5.90. The van der Waals surface area contributed by atoms with Gasteiger partial charge in [0.1, 0.15) is 0 Å². The predicted molar refractivity (Wildman–Crippen MR) is 80.5 cm³/mol. The Kier molecular flexibility index (Phi) is 3.56. The fourth-order valence-electron chi connectivity index (χ4n) is 2.36. The van der Waals surface area contributed by atoms with Crippen LogP contribution in [0.3, 0.4) is 0 Å². The van der Waals surface area contributed by atoms with Gasteiger partial charge >= 0.3 is 0 Å². The number of carbonyl (C=O) groups excluding carboxylic acids is 1. The van der Waals surface area contributed by atoms with E-state index in [-0.39, 0.29) is 5.91 Å². The van der Waals surface area contributed by atoms with E-state index in [2.05, 4.69) is 9.97 Å². The highest BCUT2D eigenvalue weighted by atomic mass is 16.2. The number of pyridine rings is 2. The van der Waals surface area contributed by atoms with Gasteiger partial charge in [-0.1, -0.05) is 6.07 Å². The molecular weight excluding hydrogens is 264 g/mol.